The van der Waals surface area contributed by atoms with Gasteiger partial charge in [0.2, 0.25) is 0 Å². The largest absolute Gasteiger partial charge is 0.416 e. The summed E-state index contributed by atoms with van der Waals surface area (Å²) in [6.45, 7) is 8.75. The second-order valence-corrected chi connectivity index (χ2v) is 10.8. The fraction of sp³-hybridized carbons (Fsp3) is 0.345. The molecule has 0 spiro atoms. The molecule has 0 atom stereocenters. The van der Waals surface area contributed by atoms with Gasteiger partial charge in [-0.1, -0.05) is 32.0 Å². The molecule has 4 heterocycles. The van der Waals surface area contributed by atoms with E-state index in [0.29, 0.717) is 42.2 Å². The van der Waals surface area contributed by atoms with Gasteiger partial charge in [0.25, 0.3) is 11.8 Å². The fourth-order valence-electron chi connectivity index (χ4n) is 4.99. The molecule has 208 valence electrons. The molecular formula is C29H29F3N6O2. The number of carbonyl (C=O) groups is 2. The van der Waals surface area contributed by atoms with Crippen molar-refractivity contribution in [2.75, 3.05) is 19.6 Å². The van der Waals surface area contributed by atoms with Crippen molar-refractivity contribution in [3.63, 3.8) is 0 Å². The summed E-state index contributed by atoms with van der Waals surface area (Å²) in [5, 5.41) is 4.58. The molecular weight excluding hydrogens is 521 g/mol. The summed E-state index contributed by atoms with van der Waals surface area (Å²) in [5.41, 5.74) is 1.48. The summed E-state index contributed by atoms with van der Waals surface area (Å²) in [5.74, 6) is -0.456. The molecule has 0 N–H and O–H groups in total. The van der Waals surface area contributed by atoms with Crippen LogP contribution in [0.3, 0.4) is 0 Å². The molecule has 5 rings (SSSR count). The number of hydrogen-bond donors (Lipinski definition) is 0. The normalized spacial score (nSPS) is 15.6. The Morgan fingerprint density at radius 3 is 2.30 bits per heavy atom. The Labute approximate surface area is 229 Å². The number of piperazine rings is 1. The minimum absolute atomic E-state index is 0.0154. The Morgan fingerprint density at radius 1 is 0.975 bits per heavy atom. The molecule has 2 amide bonds. The summed E-state index contributed by atoms with van der Waals surface area (Å²) in [7, 11) is 0. The zero-order valence-corrected chi connectivity index (χ0v) is 22.6. The summed E-state index contributed by atoms with van der Waals surface area (Å²) in [4.78, 5) is 38.8. The minimum Gasteiger partial charge on any atom is -0.333 e. The van der Waals surface area contributed by atoms with Crippen LogP contribution in [0.1, 0.15) is 65.7 Å². The predicted octanol–water partition coefficient (Wildman–Crippen LogP) is 5.31. The standard InChI is InChI=1S/C29H29F3N6O2/c1-18(2)21-15-23(19-8-10-20(11-9-19)29(30,31)32)35-38-16-24(34-25(21)38)27(40)37-14-13-36(17-28(37,3)4)26(39)22-7-5-6-12-33-22/h5-12,15-16,18H,13-14,17H2,1-4H3. The van der Waals surface area contributed by atoms with Crippen LogP contribution in [-0.2, 0) is 6.18 Å². The van der Waals surface area contributed by atoms with Crippen LogP contribution < -0.4 is 0 Å². The highest BCUT2D eigenvalue weighted by molar-refractivity contribution is 5.95. The number of benzene rings is 1. The van der Waals surface area contributed by atoms with Gasteiger partial charge in [-0.25, -0.2) is 9.50 Å². The molecule has 0 saturated carbocycles. The maximum atomic E-state index is 13.7. The van der Waals surface area contributed by atoms with E-state index in [9.17, 15) is 22.8 Å². The lowest BCUT2D eigenvalue weighted by atomic mass is 9.97. The monoisotopic (exact) mass is 550 g/mol. The van der Waals surface area contributed by atoms with Crippen molar-refractivity contribution in [3.8, 4) is 11.3 Å². The zero-order valence-electron chi connectivity index (χ0n) is 22.6. The van der Waals surface area contributed by atoms with Gasteiger partial charge in [-0.2, -0.15) is 18.3 Å². The van der Waals surface area contributed by atoms with Gasteiger partial charge >= 0.3 is 6.18 Å². The molecule has 0 aliphatic carbocycles. The summed E-state index contributed by atoms with van der Waals surface area (Å²) in [6, 6.07) is 11.8. The van der Waals surface area contributed by atoms with Gasteiger partial charge in [0, 0.05) is 37.0 Å². The number of carbonyl (C=O) groups excluding carboxylic acids is 2. The molecule has 8 nitrogen and oxygen atoms in total. The van der Waals surface area contributed by atoms with Crippen molar-refractivity contribution >= 4 is 17.5 Å². The highest BCUT2D eigenvalue weighted by Crippen LogP contribution is 2.32. The summed E-state index contributed by atoms with van der Waals surface area (Å²) in [6.07, 6.45) is -1.30. The lowest BCUT2D eigenvalue weighted by Gasteiger charge is -2.46. The van der Waals surface area contributed by atoms with Gasteiger partial charge in [0.1, 0.15) is 11.4 Å². The molecule has 0 bridgehead atoms. The Bertz CT molecular complexity index is 1560. The van der Waals surface area contributed by atoms with Crippen LogP contribution >= 0.6 is 0 Å². The van der Waals surface area contributed by atoms with Crippen LogP contribution in [-0.4, -0.2) is 66.4 Å². The van der Waals surface area contributed by atoms with E-state index in [4.69, 9.17) is 0 Å². The maximum Gasteiger partial charge on any atom is 0.416 e. The van der Waals surface area contributed by atoms with E-state index in [1.165, 1.54) is 16.6 Å². The zero-order chi connectivity index (χ0) is 28.8. The molecule has 40 heavy (non-hydrogen) atoms. The number of amides is 2. The predicted molar refractivity (Wildman–Crippen MR) is 143 cm³/mol. The third-order valence-corrected chi connectivity index (χ3v) is 7.12. The molecule has 1 saturated heterocycles. The molecule has 3 aromatic heterocycles. The van der Waals surface area contributed by atoms with Crippen LogP contribution in [0.15, 0.2) is 60.9 Å². The Balaban J connectivity index is 1.43. The second kappa shape index (κ2) is 10.0. The first-order chi connectivity index (χ1) is 18.8. The van der Waals surface area contributed by atoms with Crippen molar-refractivity contribution in [2.45, 2.75) is 45.3 Å². The van der Waals surface area contributed by atoms with Gasteiger partial charge < -0.3 is 9.80 Å². The van der Waals surface area contributed by atoms with E-state index < -0.39 is 17.3 Å². The molecule has 1 aliphatic rings. The summed E-state index contributed by atoms with van der Waals surface area (Å²) >= 11 is 0. The molecule has 11 heteroatoms. The smallest absolute Gasteiger partial charge is 0.333 e. The number of fused-ring (bicyclic) bond motifs is 1. The van der Waals surface area contributed by atoms with E-state index in [-0.39, 0.29) is 23.4 Å². The minimum atomic E-state index is -4.43. The topological polar surface area (TPSA) is 83.7 Å². The number of hydrogen-bond acceptors (Lipinski definition) is 5. The third kappa shape index (κ3) is 5.15. The van der Waals surface area contributed by atoms with Crippen LogP contribution in [0.25, 0.3) is 16.9 Å². The summed E-state index contributed by atoms with van der Waals surface area (Å²) < 4.78 is 40.6. The fourth-order valence-corrected chi connectivity index (χ4v) is 4.99. The lowest BCUT2D eigenvalue weighted by molar-refractivity contribution is -0.137. The van der Waals surface area contributed by atoms with Crippen molar-refractivity contribution in [2.24, 2.45) is 0 Å². The maximum absolute atomic E-state index is 13.7. The van der Waals surface area contributed by atoms with E-state index in [2.05, 4.69) is 15.1 Å². The molecule has 1 aliphatic heterocycles. The van der Waals surface area contributed by atoms with E-state index >= 15 is 0 Å². The van der Waals surface area contributed by atoms with Crippen molar-refractivity contribution in [1.29, 1.82) is 0 Å². The number of aromatic nitrogens is 4. The molecule has 1 fully saturated rings. The Morgan fingerprint density at radius 2 is 1.70 bits per heavy atom. The average molecular weight is 551 g/mol. The average Bonchev–Trinajstić information content (AvgIpc) is 3.35. The van der Waals surface area contributed by atoms with Crippen LogP contribution in [0.2, 0.25) is 0 Å². The molecule has 1 aromatic carbocycles. The van der Waals surface area contributed by atoms with Crippen LogP contribution in [0.5, 0.6) is 0 Å². The number of nitrogens with zero attached hydrogens (tertiary/aromatic N) is 6. The number of imidazole rings is 1. The van der Waals surface area contributed by atoms with Crippen molar-refractivity contribution in [1.82, 2.24) is 29.4 Å². The lowest BCUT2D eigenvalue weighted by Crippen LogP contribution is -2.62. The third-order valence-electron chi connectivity index (χ3n) is 7.12. The Hall–Kier alpha value is -4.28. The Kier molecular flexibility index (Phi) is 6.85. The van der Waals surface area contributed by atoms with Gasteiger partial charge in [0.15, 0.2) is 5.65 Å². The quantitative estimate of drug-likeness (QED) is 0.344. The second-order valence-electron chi connectivity index (χ2n) is 10.8. The van der Waals surface area contributed by atoms with E-state index in [1.807, 2.05) is 27.7 Å². The van der Waals surface area contributed by atoms with Crippen molar-refractivity contribution < 1.29 is 22.8 Å². The van der Waals surface area contributed by atoms with Gasteiger partial charge in [0.05, 0.1) is 23.0 Å². The highest BCUT2D eigenvalue weighted by Gasteiger charge is 2.40. The van der Waals surface area contributed by atoms with Crippen LogP contribution in [0.4, 0.5) is 13.2 Å². The highest BCUT2D eigenvalue weighted by atomic mass is 19.4. The van der Waals surface area contributed by atoms with Crippen LogP contribution in [0, 0.1) is 0 Å². The number of halogens is 3. The first kappa shape index (κ1) is 27.3. The van der Waals surface area contributed by atoms with E-state index in [1.54, 1.807) is 46.5 Å². The SMILES string of the molecule is CC(C)c1cc(-c2ccc(C(F)(F)F)cc2)nn2cc(C(=O)N3CCN(C(=O)c4ccccn4)CC3(C)C)nc12. The number of rotatable bonds is 4. The number of alkyl halides is 3. The first-order valence-electron chi connectivity index (χ1n) is 13.0. The first-order valence-corrected chi connectivity index (χ1v) is 13.0. The number of pyridine rings is 1. The molecule has 0 unspecified atom stereocenters. The molecule has 4 aromatic rings. The van der Waals surface area contributed by atoms with Crippen molar-refractivity contribution in [3.05, 3.63) is 83.4 Å². The van der Waals surface area contributed by atoms with Gasteiger partial charge in [-0.15, -0.1) is 0 Å². The van der Waals surface area contributed by atoms with Gasteiger partial charge in [-0.05, 0) is 50.1 Å². The molecule has 0 radical (unpaired) electrons. The van der Waals surface area contributed by atoms with Gasteiger partial charge in [-0.3, -0.25) is 14.6 Å². The van der Waals surface area contributed by atoms with E-state index in [0.717, 1.165) is 17.7 Å².